The number of amides is 1. The quantitative estimate of drug-likeness (QED) is 0.541. The molecule has 0 spiro atoms. The van der Waals surface area contributed by atoms with Crippen molar-refractivity contribution in [2.45, 2.75) is 44.7 Å². The monoisotopic (exact) mass is 470 g/mol. The summed E-state index contributed by atoms with van der Waals surface area (Å²) in [6, 6.07) is 6.80. The summed E-state index contributed by atoms with van der Waals surface area (Å²) < 4.78 is 13.7. The first-order chi connectivity index (χ1) is 16.5. The highest BCUT2D eigenvalue weighted by Gasteiger charge is 2.25. The molecule has 0 unspecified atom stereocenters. The van der Waals surface area contributed by atoms with Crippen LogP contribution in [0.25, 0.3) is 0 Å². The van der Waals surface area contributed by atoms with E-state index >= 15 is 0 Å². The number of nitrogens with one attached hydrogen (secondary N) is 3. The van der Waals surface area contributed by atoms with Crippen LogP contribution in [0.15, 0.2) is 24.3 Å². The molecular formula is C24H35FN8O. The second kappa shape index (κ2) is 11.4. The standard InChI is InChI=1S/C24H35FN8O/c1-26-22-29-23(31-24(30-22)33-13-11-32(2)12-14-33)28-19-9-7-17(8-10-19)15-21(34)27-16-18-5-3-4-6-20(18)25/h3-6,17,19H,7-16H2,1-2H3,(H,27,34)(H2,26,28,29,30,31). The lowest BCUT2D eigenvalue weighted by Gasteiger charge is -2.33. The van der Waals surface area contributed by atoms with Crippen LogP contribution in [-0.2, 0) is 11.3 Å². The van der Waals surface area contributed by atoms with E-state index in [-0.39, 0.29) is 24.3 Å². The highest BCUT2D eigenvalue weighted by Crippen LogP contribution is 2.28. The maximum Gasteiger partial charge on any atom is 0.232 e. The van der Waals surface area contributed by atoms with Crippen LogP contribution in [0.2, 0.25) is 0 Å². The Hall–Kier alpha value is -3.01. The Kier molecular flexibility index (Phi) is 8.10. The average molecular weight is 471 g/mol. The molecule has 1 aliphatic heterocycles. The lowest BCUT2D eigenvalue weighted by molar-refractivity contribution is -0.122. The number of aromatic nitrogens is 3. The van der Waals surface area contributed by atoms with Crippen molar-refractivity contribution in [2.75, 3.05) is 55.8 Å². The largest absolute Gasteiger partial charge is 0.357 e. The molecule has 2 fully saturated rings. The van der Waals surface area contributed by atoms with E-state index in [4.69, 9.17) is 4.98 Å². The Morgan fingerprint density at radius 3 is 2.44 bits per heavy atom. The van der Waals surface area contributed by atoms with Crippen LogP contribution in [0.4, 0.5) is 22.2 Å². The molecule has 10 heteroatoms. The molecule has 2 aliphatic rings. The molecule has 9 nitrogen and oxygen atoms in total. The molecule has 0 radical (unpaired) electrons. The molecule has 1 aliphatic carbocycles. The Labute approximate surface area is 200 Å². The molecule has 1 saturated heterocycles. The average Bonchev–Trinajstić information content (AvgIpc) is 2.85. The van der Waals surface area contributed by atoms with Gasteiger partial charge in [-0.1, -0.05) is 18.2 Å². The number of anilines is 3. The number of hydrogen-bond acceptors (Lipinski definition) is 8. The SMILES string of the molecule is CNc1nc(NC2CCC(CC(=O)NCc3ccccc3F)CC2)nc(N2CCN(C)CC2)n1. The number of carbonyl (C=O) groups is 1. The molecule has 34 heavy (non-hydrogen) atoms. The Bertz CT molecular complexity index is 958. The van der Waals surface area contributed by atoms with Crippen LogP contribution in [0.5, 0.6) is 0 Å². The first kappa shape index (κ1) is 24.1. The Morgan fingerprint density at radius 2 is 1.74 bits per heavy atom. The van der Waals surface area contributed by atoms with Crippen molar-refractivity contribution in [3.8, 4) is 0 Å². The molecule has 2 heterocycles. The van der Waals surface area contributed by atoms with E-state index in [1.807, 2.05) is 7.05 Å². The minimum Gasteiger partial charge on any atom is -0.357 e. The summed E-state index contributed by atoms with van der Waals surface area (Å²) in [7, 11) is 3.94. The highest BCUT2D eigenvalue weighted by atomic mass is 19.1. The van der Waals surface area contributed by atoms with Crippen LogP contribution in [0, 0.1) is 11.7 Å². The Morgan fingerprint density at radius 1 is 1.03 bits per heavy atom. The van der Waals surface area contributed by atoms with Crippen LogP contribution in [0.3, 0.4) is 0 Å². The summed E-state index contributed by atoms with van der Waals surface area (Å²) in [5, 5.41) is 9.39. The molecule has 4 rings (SSSR count). The summed E-state index contributed by atoms with van der Waals surface area (Å²) in [4.78, 5) is 30.6. The lowest BCUT2D eigenvalue weighted by atomic mass is 9.84. The van der Waals surface area contributed by atoms with E-state index in [2.05, 4.69) is 42.8 Å². The van der Waals surface area contributed by atoms with Crippen molar-refractivity contribution in [2.24, 2.45) is 5.92 Å². The van der Waals surface area contributed by atoms with Gasteiger partial charge in [0, 0.05) is 57.8 Å². The van der Waals surface area contributed by atoms with Gasteiger partial charge in [0.05, 0.1) is 0 Å². The van der Waals surface area contributed by atoms with Gasteiger partial charge < -0.3 is 25.8 Å². The third kappa shape index (κ3) is 6.53. The van der Waals surface area contributed by atoms with Gasteiger partial charge >= 0.3 is 0 Å². The number of benzene rings is 1. The molecule has 1 amide bonds. The molecular weight excluding hydrogens is 435 g/mol. The van der Waals surface area contributed by atoms with E-state index in [1.165, 1.54) is 6.07 Å². The molecule has 0 bridgehead atoms. The number of rotatable bonds is 8. The van der Waals surface area contributed by atoms with Gasteiger partial charge in [-0.2, -0.15) is 15.0 Å². The Balaban J connectivity index is 1.25. The van der Waals surface area contributed by atoms with E-state index in [1.54, 1.807) is 18.2 Å². The van der Waals surface area contributed by atoms with Crippen molar-refractivity contribution in [3.05, 3.63) is 35.6 Å². The van der Waals surface area contributed by atoms with Crippen LogP contribution >= 0.6 is 0 Å². The van der Waals surface area contributed by atoms with Gasteiger partial charge in [0.25, 0.3) is 0 Å². The summed E-state index contributed by atoms with van der Waals surface area (Å²) in [6.07, 6.45) is 4.30. The van der Waals surface area contributed by atoms with Crippen molar-refractivity contribution in [1.29, 1.82) is 0 Å². The zero-order valence-corrected chi connectivity index (χ0v) is 20.1. The molecule has 1 aromatic carbocycles. The number of hydrogen-bond donors (Lipinski definition) is 3. The van der Waals surface area contributed by atoms with Crippen molar-refractivity contribution < 1.29 is 9.18 Å². The van der Waals surface area contributed by atoms with Crippen LogP contribution in [0.1, 0.15) is 37.7 Å². The van der Waals surface area contributed by atoms with Crippen LogP contribution in [-0.4, -0.2) is 72.1 Å². The number of piperazine rings is 1. The predicted molar refractivity (Wildman–Crippen MR) is 131 cm³/mol. The minimum atomic E-state index is -0.287. The zero-order chi connectivity index (χ0) is 23.9. The fourth-order valence-electron chi connectivity index (χ4n) is 4.55. The summed E-state index contributed by atoms with van der Waals surface area (Å²) >= 11 is 0. The molecule has 0 atom stereocenters. The first-order valence-corrected chi connectivity index (χ1v) is 12.1. The molecule has 2 aromatic rings. The smallest absolute Gasteiger partial charge is 0.232 e. The summed E-state index contributed by atoms with van der Waals surface area (Å²) in [5.74, 6) is 1.89. The summed E-state index contributed by atoms with van der Waals surface area (Å²) in [5.41, 5.74) is 0.512. The van der Waals surface area contributed by atoms with Gasteiger partial charge in [-0.05, 0) is 44.7 Å². The number of likely N-dealkylation sites (N-methyl/N-ethyl adjacent to an activating group) is 1. The van der Waals surface area contributed by atoms with Crippen LogP contribution < -0.4 is 20.9 Å². The van der Waals surface area contributed by atoms with Gasteiger partial charge in [0.15, 0.2) is 0 Å². The van der Waals surface area contributed by atoms with Crippen molar-refractivity contribution in [1.82, 2.24) is 25.2 Å². The number of nitrogens with zero attached hydrogens (tertiary/aromatic N) is 5. The molecule has 1 aromatic heterocycles. The van der Waals surface area contributed by atoms with E-state index < -0.39 is 0 Å². The first-order valence-electron chi connectivity index (χ1n) is 12.1. The van der Waals surface area contributed by atoms with Gasteiger partial charge in [-0.3, -0.25) is 4.79 Å². The molecule has 3 N–H and O–H groups in total. The van der Waals surface area contributed by atoms with Gasteiger partial charge in [-0.15, -0.1) is 0 Å². The topological polar surface area (TPSA) is 98.3 Å². The van der Waals surface area contributed by atoms with E-state index in [0.29, 0.717) is 35.7 Å². The second-order valence-corrected chi connectivity index (χ2v) is 9.26. The third-order valence-electron chi connectivity index (χ3n) is 6.72. The third-order valence-corrected chi connectivity index (χ3v) is 6.72. The zero-order valence-electron chi connectivity index (χ0n) is 20.1. The maximum atomic E-state index is 13.7. The maximum absolute atomic E-state index is 13.7. The predicted octanol–water partition coefficient (Wildman–Crippen LogP) is 2.48. The van der Waals surface area contributed by atoms with E-state index in [0.717, 1.165) is 51.9 Å². The van der Waals surface area contributed by atoms with Gasteiger partial charge in [0.2, 0.25) is 23.8 Å². The summed E-state index contributed by atoms with van der Waals surface area (Å²) in [6.45, 7) is 3.99. The minimum absolute atomic E-state index is 0.0207. The number of carbonyl (C=O) groups excluding carboxylic acids is 1. The second-order valence-electron chi connectivity index (χ2n) is 9.26. The number of halogens is 1. The molecule has 184 valence electrons. The lowest BCUT2D eigenvalue weighted by Crippen LogP contribution is -2.45. The normalized spacial score (nSPS) is 21.2. The fraction of sp³-hybridized carbons (Fsp3) is 0.583. The molecule has 1 saturated carbocycles. The van der Waals surface area contributed by atoms with E-state index in [9.17, 15) is 9.18 Å². The van der Waals surface area contributed by atoms with Crippen molar-refractivity contribution in [3.63, 3.8) is 0 Å². The van der Waals surface area contributed by atoms with Gasteiger partial charge in [-0.25, -0.2) is 4.39 Å². The fourth-order valence-corrected chi connectivity index (χ4v) is 4.55. The highest BCUT2D eigenvalue weighted by molar-refractivity contribution is 5.76. The van der Waals surface area contributed by atoms with Crippen molar-refractivity contribution >= 4 is 23.8 Å². The van der Waals surface area contributed by atoms with Gasteiger partial charge in [0.1, 0.15) is 5.82 Å².